The van der Waals surface area contributed by atoms with E-state index in [0.29, 0.717) is 42.4 Å². The van der Waals surface area contributed by atoms with Crippen LogP contribution in [0.2, 0.25) is 0 Å². The van der Waals surface area contributed by atoms with Crippen molar-refractivity contribution in [3.63, 3.8) is 0 Å². The number of nitriles is 1. The first-order chi connectivity index (χ1) is 22.7. The van der Waals surface area contributed by atoms with Crippen molar-refractivity contribution >= 4 is 5.91 Å². The van der Waals surface area contributed by atoms with Gasteiger partial charge in [-0.05, 0) is 88.9 Å². The summed E-state index contributed by atoms with van der Waals surface area (Å²) in [7, 11) is 8.09. The van der Waals surface area contributed by atoms with Crippen LogP contribution in [0.4, 0.5) is 0 Å². The molecule has 0 fully saturated rings. The number of likely N-dealkylation sites (N-methyl/N-ethyl adjacent to an activating group) is 1. The van der Waals surface area contributed by atoms with Crippen molar-refractivity contribution in [3.8, 4) is 29.1 Å². The molecule has 0 aromatic heterocycles. The molecule has 3 atom stereocenters. The number of hydrogen-bond donors (Lipinski definition) is 1. The largest absolute Gasteiger partial charge is 0.493 e. The molecule has 0 saturated carbocycles. The van der Waals surface area contributed by atoms with Crippen molar-refractivity contribution in [1.29, 1.82) is 5.26 Å². The number of nitrogens with one attached hydrogen (secondary N) is 1. The van der Waals surface area contributed by atoms with Gasteiger partial charge in [0.2, 0.25) is 11.7 Å². The number of rotatable bonds is 21. The molecule has 2 aromatic carbocycles. The predicted molar refractivity (Wildman–Crippen MR) is 181 cm³/mol. The first kappa shape index (κ1) is 39.9. The SMILES string of the molecule is COCC(=O)NC(C)C(O[N+](=O)[O-])C(C)(C)Oc1ccccc1CCN(C)CCCC(C#N)(c1cc(OC)c(OC)c(OC)c1)C(C)C. The summed E-state index contributed by atoms with van der Waals surface area (Å²) in [5.41, 5.74) is -0.237. The summed E-state index contributed by atoms with van der Waals surface area (Å²) in [5.74, 6) is 1.65. The van der Waals surface area contributed by atoms with Crippen LogP contribution < -0.4 is 24.3 Å². The third kappa shape index (κ3) is 10.4. The zero-order valence-corrected chi connectivity index (χ0v) is 30.0. The third-order valence-corrected chi connectivity index (χ3v) is 8.59. The summed E-state index contributed by atoms with van der Waals surface area (Å²) in [4.78, 5) is 30.7. The Morgan fingerprint density at radius 1 is 1.02 bits per heavy atom. The lowest BCUT2D eigenvalue weighted by molar-refractivity contribution is -0.772. The molecule has 0 aliphatic carbocycles. The lowest BCUT2D eigenvalue weighted by atomic mass is 9.69. The summed E-state index contributed by atoms with van der Waals surface area (Å²) in [6.45, 7) is 10.3. The van der Waals surface area contributed by atoms with E-state index in [1.165, 1.54) is 7.11 Å². The smallest absolute Gasteiger partial charge is 0.295 e. The van der Waals surface area contributed by atoms with Crippen LogP contribution in [0.15, 0.2) is 36.4 Å². The molecule has 0 bridgehead atoms. The van der Waals surface area contributed by atoms with E-state index < -0.39 is 34.2 Å². The van der Waals surface area contributed by atoms with Gasteiger partial charge in [0, 0.05) is 13.7 Å². The van der Waals surface area contributed by atoms with Crippen molar-refractivity contribution < 1.29 is 38.4 Å². The lowest BCUT2D eigenvalue weighted by Crippen LogP contribution is -2.56. The van der Waals surface area contributed by atoms with Crippen molar-refractivity contribution in [2.45, 2.75) is 77.0 Å². The van der Waals surface area contributed by atoms with E-state index in [-0.39, 0.29) is 12.5 Å². The monoisotopic (exact) mass is 672 g/mol. The first-order valence-electron chi connectivity index (χ1n) is 16.0. The van der Waals surface area contributed by atoms with E-state index in [1.54, 1.807) is 42.1 Å². The standard InChI is InChI=1S/C35H52N4O9/c1-24(2)35(23-36,27-20-29(44-8)32(46-10)30(21-27)45-9)17-13-18-38(6)19-16-26-14-11-12-15-28(26)47-34(4,5)33(48-39(41)42)25(3)37-31(40)22-43-7/h11-12,14-15,20-21,24-25,33H,13,16-19,22H2,1-10H3,(H,37,40). The van der Waals surface area contributed by atoms with E-state index in [0.717, 1.165) is 24.1 Å². The maximum absolute atomic E-state index is 12.1. The molecule has 13 nitrogen and oxygen atoms in total. The van der Waals surface area contributed by atoms with Crippen LogP contribution in [0, 0.1) is 27.4 Å². The van der Waals surface area contributed by atoms with Crippen molar-refractivity contribution in [2.75, 3.05) is 55.2 Å². The minimum atomic E-state index is -1.20. The van der Waals surface area contributed by atoms with Gasteiger partial charge in [-0.2, -0.15) is 5.26 Å². The number of para-hydroxylation sites is 1. The summed E-state index contributed by atoms with van der Waals surface area (Å²) < 4.78 is 27.9. The summed E-state index contributed by atoms with van der Waals surface area (Å²) in [5, 5.41) is 23.7. The zero-order valence-electron chi connectivity index (χ0n) is 30.0. The normalized spacial score (nSPS) is 14.0. The summed E-state index contributed by atoms with van der Waals surface area (Å²) in [6, 6.07) is 13.1. The predicted octanol–water partition coefficient (Wildman–Crippen LogP) is 4.97. The van der Waals surface area contributed by atoms with Gasteiger partial charge in [0.1, 0.15) is 18.0 Å². The molecule has 0 saturated heterocycles. The van der Waals surface area contributed by atoms with Gasteiger partial charge in [-0.3, -0.25) is 4.79 Å². The van der Waals surface area contributed by atoms with Crippen LogP contribution >= 0.6 is 0 Å². The number of nitrogens with zero attached hydrogens (tertiary/aromatic N) is 3. The van der Waals surface area contributed by atoms with Crippen LogP contribution in [0.1, 0.15) is 58.6 Å². The molecule has 48 heavy (non-hydrogen) atoms. The average molecular weight is 673 g/mol. The van der Waals surface area contributed by atoms with Gasteiger partial charge < -0.3 is 38.7 Å². The topological polar surface area (TPSA) is 155 Å². The first-order valence-corrected chi connectivity index (χ1v) is 16.0. The Hall–Kier alpha value is -4.28. The zero-order chi connectivity index (χ0) is 36.1. The quantitative estimate of drug-likeness (QED) is 0.141. The second-order valence-corrected chi connectivity index (χ2v) is 12.7. The van der Waals surface area contributed by atoms with Crippen molar-refractivity contribution in [3.05, 3.63) is 57.6 Å². The minimum Gasteiger partial charge on any atom is -0.493 e. The highest BCUT2D eigenvalue weighted by molar-refractivity contribution is 5.77. The molecule has 0 spiro atoms. The highest BCUT2D eigenvalue weighted by Crippen LogP contribution is 2.45. The van der Waals surface area contributed by atoms with Crippen LogP contribution in [0.3, 0.4) is 0 Å². The second-order valence-electron chi connectivity index (χ2n) is 12.7. The van der Waals surface area contributed by atoms with E-state index in [1.807, 2.05) is 57.3 Å². The Bertz CT molecular complexity index is 1370. The maximum atomic E-state index is 12.1. The number of hydrogen-bond acceptors (Lipinski definition) is 11. The van der Waals surface area contributed by atoms with Gasteiger partial charge in [-0.25, -0.2) is 0 Å². The summed E-state index contributed by atoms with van der Waals surface area (Å²) in [6.07, 6.45) is 0.909. The molecule has 0 heterocycles. The number of amides is 1. The molecule has 1 amide bonds. The van der Waals surface area contributed by atoms with E-state index in [4.69, 9.17) is 28.5 Å². The van der Waals surface area contributed by atoms with Crippen LogP contribution in [-0.4, -0.2) is 88.8 Å². The Morgan fingerprint density at radius 2 is 1.65 bits per heavy atom. The van der Waals surface area contributed by atoms with Crippen molar-refractivity contribution in [2.24, 2.45) is 5.92 Å². The molecule has 2 aromatic rings. The minimum absolute atomic E-state index is 0.0159. The van der Waals surface area contributed by atoms with E-state index >= 15 is 0 Å². The van der Waals surface area contributed by atoms with E-state index in [9.17, 15) is 20.2 Å². The molecule has 1 N–H and O–H groups in total. The Morgan fingerprint density at radius 3 is 2.17 bits per heavy atom. The number of methoxy groups -OCH3 is 4. The highest BCUT2D eigenvalue weighted by Gasteiger charge is 2.40. The number of benzene rings is 2. The summed E-state index contributed by atoms with van der Waals surface area (Å²) >= 11 is 0. The fourth-order valence-electron chi connectivity index (χ4n) is 5.97. The molecule has 266 valence electrons. The molecule has 0 aliphatic rings. The molecular formula is C35H52N4O9. The average Bonchev–Trinajstić information content (AvgIpc) is 3.04. The fraction of sp³-hybridized carbons (Fsp3) is 0.600. The van der Waals surface area contributed by atoms with Gasteiger partial charge in [0.25, 0.3) is 5.09 Å². The van der Waals surface area contributed by atoms with Gasteiger partial charge in [-0.15, -0.1) is 10.1 Å². The Kier molecular flexibility index (Phi) is 15.2. The molecule has 0 radical (unpaired) electrons. The molecule has 2 rings (SSSR count). The fourth-order valence-corrected chi connectivity index (χ4v) is 5.97. The molecule has 0 aliphatic heterocycles. The van der Waals surface area contributed by atoms with Crippen molar-refractivity contribution in [1.82, 2.24) is 10.2 Å². The molecular weight excluding hydrogens is 620 g/mol. The Labute approximate surface area is 284 Å². The second kappa shape index (κ2) is 18.3. The number of ether oxygens (including phenoxy) is 5. The molecule has 3 unspecified atom stereocenters. The Balaban J connectivity index is 2.16. The van der Waals surface area contributed by atoms with Gasteiger partial charge in [0.15, 0.2) is 17.6 Å². The van der Waals surface area contributed by atoms with Gasteiger partial charge >= 0.3 is 0 Å². The van der Waals surface area contributed by atoms with Crippen LogP contribution in [0.25, 0.3) is 0 Å². The number of carbonyl (C=O) groups is 1. The van der Waals surface area contributed by atoms with Gasteiger partial charge in [0.05, 0.1) is 38.9 Å². The van der Waals surface area contributed by atoms with Crippen LogP contribution in [-0.2, 0) is 26.2 Å². The highest BCUT2D eigenvalue weighted by atomic mass is 17.0. The lowest BCUT2D eigenvalue weighted by Gasteiger charge is -2.37. The number of carbonyl (C=O) groups excluding carboxylic acids is 1. The van der Waals surface area contributed by atoms with E-state index in [2.05, 4.69) is 16.3 Å². The molecule has 13 heteroatoms. The third-order valence-electron chi connectivity index (χ3n) is 8.59. The van der Waals surface area contributed by atoms with Crippen LogP contribution in [0.5, 0.6) is 23.0 Å². The van der Waals surface area contributed by atoms with Gasteiger partial charge in [-0.1, -0.05) is 32.0 Å². The maximum Gasteiger partial charge on any atom is 0.295 e.